The topological polar surface area (TPSA) is 105 Å². The monoisotopic (exact) mass is 468 g/mol. The first-order chi connectivity index (χ1) is 16.4. The number of amides is 2. The van der Waals surface area contributed by atoms with E-state index in [0.29, 0.717) is 31.8 Å². The average Bonchev–Trinajstić information content (AvgIpc) is 3.30. The van der Waals surface area contributed by atoms with Gasteiger partial charge in [0, 0.05) is 31.2 Å². The maximum Gasteiger partial charge on any atom is 0.409 e. The number of ether oxygens (including phenoxy) is 1. The number of carboxylic acids is 1. The quantitative estimate of drug-likeness (QED) is 0.712. The molecule has 1 saturated carbocycles. The summed E-state index contributed by atoms with van der Waals surface area (Å²) in [5, 5.41) is 14.6. The van der Waals surface area contributed by atoms with Crippen molar-refractivity contribution in [3.63, 3.8) is 0 Å². The number of nitrogens with zero attached hydrogens (tertiary/aromatic N) is 4. The van der Waals surface area contributed by atoms with Crippen molar-refractivity contribution in [1.29, 1.82) is 0 Å². The molecule has 0 spiro atoms. The molecule has 4 rings (SSSR count). The number of rotatable bonds is 5. The van der Waals surface area contributed by atoms with Crippen molar-refractivity contribution in [3.05, 3.63) is 42.1 Å². The van der Waals surface area contributed by atoms with Crippen LogP contribution in [0.15, 0.2) is 36.5 Å². The Hall–Kier alpha value is -3.36. The molecule has 0 atom stereocenters. The summed E-state index contributed by atoms with van der Waals surface area (Å²) in [5.74, 6) is -0.578. The molecule has 9 heteroatoms. The van der Waals surface area contributed by atoms with Crippen LogP contribution in [0.1, 0.15) is 55.8 Å². The fourth-order valence-corrected chi connectivity index (χ4v) is 5.00. The van der Waals surface area contributed by atoms with Gasteiger partial charge >= 0.3 is 12.1 Å². The predicted molar refractivity (Wildman–Crippen MR) is 126 cm³/mol. The van der Waals surface area contributed by atoms with Crippen molar-refractivity contribution < 1.29 is 24.2 Å². The highest BCUT2D eigenvalue weighted by atomic mass is 16.5. The number of aromatic nitrogens is 2. The molecule has 1 aromatic heterocycles. The first-order valence-corrected chi connectivity index (χ1v) is 11.9. The lowest BCUT2D eigenvalue weighted by atomic mass is 9.82. The van der Waals surface area contributed by atoms with Gasteiger partial charge < -0.3 is 14.7 Å². The highest BCUT2D eigenvalue weighted by Gasteiger charge is 2.38. The number of carboxylic acid groups (broad SMARTS) is 1. The molecule has 2 amide bonds. The van der Waals surface area contributed by atoms with Gasteiger partial charge in [0.25, 0.3) is 0 Å². The van der Waals surface area contributed by atoms with Gasteiger partial charge in [0.2, 0.25) is 5.91 Å². The number of aromatic carboxylic acids is 1. The van der Waals surface area contributed by atoms with Crippen LogP contribution in [0.3, 0.4) is 0 Å². The first-order valence-electron chi connectivity index (χ1n) is 11.9. The molecule has 0 bridgehead atoms. The van der Waals surface area contributed by atoms with E-state index in [4.69, 9.17) is 4.74 Å². The number of methoxy groups -OCH3 is 1. The highest BCUT2D eigenvalue weighted by Crippen LogP contribution is 2.34. The van der Waals surface area contributed by atoms with Crippen LogP contribution in [0.4, 0.5) is 10.6 Å². The number of piperidine rings is 1. The molecule has 1 aliphatic heterocycles. The molecular weight excluding hydrogens is 436 g/mol. The standard InChI is InChI=1S/C25H32N4O5/c1-17-8-10-18(11-9-17)23(30)29(20-12-14-27(15-13-20)25(33)34-2)22-21(24(31)32)16-28(26-22)19-6-4-3-5-7-19/h3-7,16-18,20H,8-15H2,1-2H3,(H,31,32)/t17-,18-. The fourth-order valence-electron chi connectivity index (χ4n) is 5.00. The number of anilines is 1. The van der Waals surface area contributed by atoms with E-state index in [1.807, 2.05) is 30.3 Å². The third-order valence-electron chi connectivity index (χ3n) is 7.04. The van der Waals surface area contributed by atoms with Crippen molar-refractivity contribution in [2.24, 2.45) is 11.8 Å². The molecule has 0 radical (unpaired) electrons. The molecule has 9 nitrogen and oxygen atoms in total. The fraction of sp³-hybridized carbons (Fsp3) is 0.520. The number of hydrogen-bond acceptors (Lipinski definition) is 5. The van der Waals surface area contributed by atoms with Gasteiger partial charge in [0.05, 0.1) is 12.8 Å². The number of hydrogen-bond donors (Lipinski definition) is 1. The highest BCUT2D eigenvalue weighted by molar-refractivity contribution is 6.02. The van der Waals surface area contributed by atoms with Gasteiger partial charge in [-0.1, -0.05) is 25.1 Å². The maximum atomic E-state index is 13.9. The Morgan fingerprint density at radius 2 is 1.68 bits per heavy atom. The van der Waals surface area contributed by atoms with Gasteiger partial charge in [-0.05, 0) is 56.6 Å². The number of para-hydroxylation sites is 1. The lowest BCUT2D eigenvalue weighted by Crippen LogP contribution is -2.51. The molecule has 34 heavy (non-hydrogen) atoms. The van der Waals surface area contributed by atoms with Gasteiger partial charge in [-0.2, -0.15) is 0 Å². The van der Waals surface area contributed by atoms with E-state index in [9.17, 15) is 19.5 Å². The van der Waals surface area contributed by atoms with Crippen molar-refractivity contribution >= 4 is 23.8 Å². The summed E-state index contributed by atoms with van der Waals surface area (Å²) < 4.78 is 6.36. The van der Waals surface area contributed by atoms with Gasteiger partial charge in [-0.25, -0.2) is 14.3 Å². The van der Waals surface area contributed by atoms with E-state index >= 15 is 0 Å². The van der Waals surface area contributed by atoms with E-state index in [1.165, 1.54) is 18.0 Å². The summed E-state index contributed by atoms with van der Waals surface area (Å²) in [6, 6.07) is 9.01. The van der Waals surface area contributed by atoms with Crippen molar-refractivity contribution in [2.75, 3.05) is 25.1 Å². The zero-order valence-electron chi connectivity index (χ0n) is 19.7. The van der Waals surface area contributed by atoms with Crippen LogP contribution in [0.2, 0.25) is 0 Å². The largest absolute Gasteiger partial charge is 0.477 e. The summed E-state index contributed by atoms with van der Waals surface area (Å²) in [7, 11) is 1.35. The summed E-state index contributed by atoms with van der Waals surface area (Å²) in [5.41, 5.74) is 0.715. The minimum Gasteiger partial charge on any atom is -0.477 e. The second kappa shape index (κ2) is 10.3. The second-order valence-corrected chi connectivity index (χ2v) is 9.30. The molecule has 1 aliphatic carbocycles. The zero-order chi connectivity index (χ0) is 24.2. The summed E-state index contributed by atoms with van der Waals surface area (Å²) in [6.07, 6.45) is 5.68. The van der Waals surface area contributed by atoms with Crippen LogP contribution in [-0.2, 0) is 9.53 Å². The van der Waals surface area contributed by atoms with Crippen LogP contribution in [0.5, 0.6) is 0 Å². The van der Waals surface area contributed by atoms with Crippen molar-refractivity contribution in [1.82, 2.24) is 14.7 Å². The van der Waals surface area contributed by atoms with Crippen LogP contribution in [0.25, 0.3) is 5.69 Å². The molecular formula is C25H32N4O5. The van der Waals surface area contributed by atoms with Gasteiger partial charge in [-0.3, -0.25) is 9.69 Å². The summed E-state index contributed by atoms with van der Waals surface area (Å²) >= 11 is 0. The number of benzene rings is 1. The van der Waals surface area contributed by atoms with Gasteiger partial charge in [0.15, 0.2) is 5.82 Å². The molecule has 2 aliphatic rings. The molecule has 1 aromatic carbocycles. The van der Waals surface area contributed by atoms with Crippen LogP contribution < -0.4 is 4.90 Å². The summed E-state index contributed by atoms with van der Waals surface area (Å²) in [4.78, 5) is 41.3. The predicted octanol–water partition coefficient (Wildman–Crippen LogP) is 3.96. The minimum atomic E-state index is -1.13. The molecule has 182 valence electrons. The molecule has 2 heterocycles. The zero-order valence-corrected chi connectivity index (χ0v) is 19.7. The Bertz CT molecular complexity index is 1020. The summed E-state index contributed by atoms with van der Waals surface area (Å²) in [6.45, 7) is 3.07. The number of likely N-dealkylation sites (tertiary alicyclic amines) is 1. The third-order valence-corrected chi connectivity index (χ3v) is 7.04. The Morgan fingerprint density at radius 1 is 1.03 bits per heavy atom. The molecule has 2 fully saturated rings. The molecule has 1 saturated heterocycles. The van der Waals surface area contributed by atoms with Gasteiger partial charge in [-0.15, -0.1) is 5.10 Å². The molecule has 2 aromatic rings. The van der Waals surface area contributed by atoms with Gasteiger partial charge in [0.1, 0.15) is 5.56 Å². The van der Waals surface area contributed by atoms with Crippen LogP contribution in [-0.4, -0.2) is 64.0 Å². The normalized spacial score (nSPS) is 21.2. The Balaban J connectivity index is 1.69. The number of carbonyl (C=O) groups excluding carboxylic acids is 2. The Kier molecular flexibility index (Phi) is 7.19. The Labute approximate surface area is 199 Å². The Morgan fingerprint density at radius 3 is 2.26 bits per heavy atom. The van der Waals surface area contributed by atoms with Crippen LogP contribution >= 0.6 is 0 Å². The second-order valence-electron chi connectivity index (χ2n) is 9.30. The van der Waals surface area contributed by atoms with E-state index in [2.05, 4.69) is 12.0 Å². The minimum absolute atomic E-state index is 0.00298. The first kappa shape index (κ1) is 23.8. The SMILES string of the molecule is COC(=O)N1CCC(N(c2nn(-c3ccccc3)cc2C(=O)O)C(=O)[C@H]2CC[C@H](C)CC2)CC1. The molecule has 0 unspecified atom stereocenters. The van der Waals surface area contributed by atoms with E-state index < -0.39 is 12.1 Å². The number of carbonyl (C=O) groups is 3. The van der Waals surface area contributed by atoms with E-state index in [1.54, 1.807) is 9.80 Å². The molecule has 1 N–H and O–H groups in total. The smallest absolute Gasteiger partial charge is 0.409 e. The third kappa shape index (κ3) is 4.93. The van der Waals surface area contributed by atoms with Crippen molar-refractivity contribution in [3.8, 4) is 5.69 Å². The van der Waals surface area contributed by atoms with Crippen molar-refractivity contribution in [2.45, 2.75) is 51.5 Å². The lowest BCUT2D eigenvalue weighted by molar-refractivity contribution is -0.124. The van der Waals surface area contributed by atoms with E-state index in [0.717, 1.165) is 31.4 Å². The average molecular weight is 469 g/mol. The lowest BCUT2D eigenvalue weighted by Gasteiger charge is -2.39. The van der Waals surface area contributed by atoms with E-state index in [-0.39, 0.29) is 29.2 Å². The maximum absolute atomic E-state index is 13.9. The van der Waals surface area contributed by atoms with Crippen LogP contribution in [0, 0.1) is 11.8 Å².